The molecule has 1 fully saturated rings. The van der Waals surface area contributed by atoms with Crippen molar-refractivity contribution in [2.24, 2.45) is 0 Å². The minimum Gasteiger partial charge on any atom is -0.497 e. The lowest BCUT2D eigenvalue weighted by atomic mass is 10.1. The normalized spacial score (nSPS) is 14.4. The third kappa shape index (κ3) is 6.66. The zero-order valence-electron chi connectivity index (χ0n) is 25.3. The van der Waals surface area contributed by atoms with Gasteiger partial charge in [-0.3, -0.25) is 4.79 Å². The maximum Gasteiger partial charge on any atom is 0.243 e. The van der Waals surface area contributed by atoms with Crippen molar-refractivity contribution in [2.45, 2.75) is 11.4 Å². The number of sulfonamides is 1. The van der Waals surface area contributed by atoms with Gasteiger partial charge in [0.15, 0.2) is 17.3 Å². The van der Waals surface area contributed by atoms with Crippen molar-refractivity contribution in [3.63, 3.8) is 0 Å². The van der Waals surface area contributed by atoms with Gasteiger partial charge in [-0.15, -0.1) is 10.2 Å². The van der Waals surface area contributed by atoms with Crippen LogP contribution < -0.4 is 23.8 Å². The summed E-state index contributed by atoms with van der Waals surface area (Å²) in [5, 5.41) is 9.25. The number of rotatable bonds is 10. The van der Waals surface area contributed by atoms with Crippen molar-refractivity contribution < 1.29 is 32.2 Å². The van der Waals surface area contributed by atoms with Crippen molar-refractivity contribution in [2.75, 3.05) is 58.6 Å². The van der Waals surface area contributed by atoms with Gasteiger partial charge in [-0.05, 0) is 66.2 Å². The van der Waals surface area contributed by atoms with E-state index in [0.29, 0.717) is 71.3 Å². The molecule has 0 spiro atoms. The van der Waals surface area contributed by atoms with Crippen LogP contribution in [0.2, 0.25) is 5.02 Å². The fourth-order valence-electron chi connectivity index (χ4n) is 5.31. The van der Waals surface area contributed by atoms with Crippen LogP contribution in [0.3, 0.4) is 0 Å². The highest BCUT2D eigenvalue weighted by Gasteiger charge is 2.31. The highest BCUT2D eigenvalue weighted by atomic mass is 35.5. The molecule has 1 saturated heterocycles. The maximum absolute atomic E-state index is 13.8. The highest BCUT2D eigenvalue weighted by Crippen LogP contribution is 2.34. The monoisotopic (exact) mass is 665 g/mol. The van der Waals surface area contributed by atoms with Gasteiger partial charge >= 0.3 is 0 Å². The van der Waals surface area contributed by atoms with E-state index in [1.54, 1.807) is 43.4 Å². The number of halogens is 1. The Balaban J connectivity index is 1.13. The van der Waals surface area contributed by atoms with Gasteiger partial charge in [-0.2, -0.15) is 4.31 Å². The highest BCUT2D eigenvalue weighted by molar-refractivity contribution is 7.89. The number of piperazine rings is 1. The Hall–Kier alpha value is -4.59. The standard InChI is InChI=1S/C32H32ClN5O7S/c1-42-24-6-9-26(29(18-24)43-2)27-10-12-31(35-34-27)36-13-15-37(16-14-36)32(39)20-38(46(40,41)25-7-4-23(33)5-8-25)19-22-3-11-28-30(17-22)45-21-44-28/h3-12,17-18H,13-16,19-21H2,1-2H3. The van der Waals surface area contributed by atoms with E-state index in [4.69, 9.17) is 30.5 Å². The molecule has 0 unspecified atom stereocenters. The van der Waals surface area contributed by atoms with Gasteiger partial charge in [0, 0.05) is 49.4 Å². The number of aromatic nitrogens is 2. The van der Waals surface area contributed by atoms with Gasteiger partial charge in [0.2, 0.25) is 22.7 Å². The second-order valence-corrected chi connectivity index (χ2v) is 13.0. The summed E-state index contributed by atoms with van der Waals surface area (Å²) in [7, 11) is -0.861. The third-order valence-corrected chi connectivity index (χ3v) is 9.91. The van der Waals surface area contributed by atoms with Crippen LogP contribution in [0.1, 0.15) is 5.56 Å². The SMILES string of the molecule is COc1ccc(-c2ccc(N3CCN(C(=O)CN(Cc4ccc5c(c4)OCO5)S(=O)(=O)c4ccc(Cl)cc4)CC3)nn2)c(OC)c1. The number of carbonyl (C=O) groups is 1. The Morgan fingerprint density at radius 2 is 1.65 bits per heavy atom. The van der Waals surface area contributed by atoms with E-state index >= 15 is 0 Å². The molecular weight excluding hydrogens is 634 g/mol. The molecule has 0 bridgehead atoms. The predicted octanol–water partition coefficient (Wildman–Crippen LogP) is 4.08. The molecule has 240 valence electrons. The lowest BCUT2D eigenvalue weighted by Crippen LogP contribution is -2.52. The number of ether oxygens (including phenoxy) is 4. The van der Waals surface area contributed by atoms with Crippen LogP contribution in [-0.4, -0.2) is 87.5 Å². The summed E-state index contributed by atoms with van der Waals surface area (Å²) in [6, 6.07) is 20.4. The maximum atomic E-state index is 13.8. The second kappa shape index (κ2) is 13.4. The van der Waals surface area contributed by atoms with Crippen LogP contribution in [0, 0.1) is 0 Å². The third-order valence-electron chi connectivity index (χ3n) is 7.85. The van der Waals surface area contributed by atoms with Gasteiger partial charge in [-0.25, -0.2) is 8.42 Å². The Bertz CT molecular complexity index is 1820. The molecule has 4 aromatic rings. The molecule has 3 aromatic carbocycles. The van der Waals surface area contributed by atoms with E-state index in [1.165, 1.54) is 28.6 Å². The molecule has 0 atom stereocenters. The number of methoxy groups -OCH3 is 2. The Kier molecular flexibility index (Phi) is 9.15. The van der Waals surface area contributed by atoms with Gasteiger partial charge in [0.1, 0.15) is 11.5 Å². The lowest BCUT2D eigenvalue weighted by molar-refractivity contribution is -0.131. The molecule has 46 heavy (non-hydrogen) atoms. The molecule has 1 amide bonds. The van der Waals surface area contributed by atoms with Crippen LogP contribution in [-0.2, 0) is 21.4 Å². The van der Waals surface area contributed by atoms with Crippen LogP contribution in [0.25, 0.3) is 11.3 Å². The van der Waals surface area contributed by atoms with E-state index in [-0.39, 0.29) is 30.7 Å². The van der Waals surface area contributed by atoms with Crippen LogP contribution >= 0.6 is 11.6 Å². The number of hydrogen-bond donors (Lipinski definition) is 0. The molecule has 1 aromatic heterocycles. The average molecular weight is 666 g/mol. The summed E-state index contributed by atoms with van der Waals surface area (Å²) in [5.74, 6) is 2.80. The number of benzene rings is 3. The first-order chi connectivity index (χ1) is 22.2. The summed E-state index contributed by atoms with van der Waals surface area (Å²) >= 11 is 6.01. The Morgan fingerprint density at radius 3 is 2.35 bits per heavy atom. The van der Waals surface area contributed by atoms with Crippen molar-refractivity contribution in [3.05, 3.63) is 83.4 Å². The number of hydrogen-bond acceptors (Lipinski definition) is 10. The molecule has 0 N–H and O–H groups in total. The van der Waals surface area contributed by atoms with E-state index < -0.39 is 10.0 Å². The minimum atomic E-state index is -4.04. The molecule has 0 aliphatic carbocycles. The molecule has 2 aliphatic heterocycles. The summed E-state index contributed by atoms with van der Waals surface area (Å²) in [4.78, 5) is 17.3. The van der Waals surface area contributed by atoms with Gasteiger partial charge < -0.3 is 28.7 Å². The largest absolute Gasteiger partial charge is 0.497 e. The first kappa shape index (κ1) is 31.4. The Labute approximate surface area is 272 Å². The predicted molar refractivity (Wildman–Crippen MR) is 171 cm³/mol. The summed E-state index contributed by atoms with van der Waals surface area (Å²) in [5.41, 5.74) is 2.10. The number of fused-ring (bicyclic) bond motifs is 1. The minimum absolute atomic E-state index is 0.0335. The lowest BCUT2D eigenvalue weighted by Gasteiger charge is -2.36. The molecule has 12 nitrogen and oxygen atoms in total. The van der Waals surface area contributed by atoms with Gasteiger partial charge in [0.05, 0.1) is 31.4 Å². The zero-order valence-corrected chi connectivity index (χ0v) is 26.8. The molecule has 14 heteroatoms. The molecule has 0 saturated carbocycles. The topological polar surface area (TPSA) is 124 Å². The summed E-state index contributed by atoms with van der Waals surface area (Å²) in [6.07, 6.45) is 0. The van der Waals surface area contributed by atoms with Crippen LogP contribution in [0.5, 0.6) is 23.0 Å². The van der Waals surface area contributed by atoms with Crippen LogP contribution in [0.15, 0.2) is 77.7 Å². The van der Waals surface area contributed by atoms with E-state index in [0.717, 1.165) is 5.56 Å². The number of amides is 1. The molecule has 3 heterocycles. The van der Waals surface area contributed by atoms with Crippen LogP contribution in [0.4, 0.5) is 5.82 Å². The smallest absolute Gasteiger partial charge is 0.243 e. The van der Waals surface area contributed by atoms with E-state index in [2.05, 4.69) is 10.2 Å². The molecule has 2 aliphatic rings. The molecule has 6 rings (SSSR count). The summed E-state index contributed by atoms with van der Waals surface area (Å²) < 4.78 is 50.3. The Morgan fingerprint density at radius 1 is 0.891 bits per heavy atom. The molecular formula is C32H32ClN5O7S. The van der Waals surface area contributed by atoms with Crippen molar-refractivity contribution in [1.29, 1.82) is 0 Å². The first-order valence-electron chi connectivity index (χ1n) is 14.5. The fraction of sp³-hybridized carbons (Fsp3) is 0.281. The number of anilines is 1. The molecule has 0 radical (unpaired) electrons. The van der Waals surface area contributed by atoms with Crippen molar-refractivity contribution in [3.8, 4) is 34.3 Å². The second-order valence-electron chi connectivity index (χ2n) is 10.6. The van der Waals surface area contributed by atoms with Gasteiger partial charge in [-0.1, -0.05) is 17.7 Å². The quantitative estimate of drug-likeness (QED) is 0.245. The zero-order chi connectivity index (χ0) is 32.3. The summed E-state index contributed by atoms with van der Waals surface area (Å²) in [6.45, 7) is 1.55. The first-order valence-corrected chi connectivity index (χ1v) is 16.3. The fourth-order valence-corrected chi connectivity index (χ4v) is 6.81. The van der Waals surface area contributed by atoms with E-state index in [9.17, 15) is 13.2 Å². The van der Waals surface area contributed by atoms with E-state index in [1.807, 2.05) is 29.2 Å². The number of nitrogens with zero attached hydrogens (tertiary/aromatic N) is 5. The van der Waals surface area contributed by atoms with Gasteiger partial charge in [0.25, 0.3) is 0 Å². The van der Waals surface area contributed by atoms with Crippen molar-refractivity contribution >= 4 is 33.3 Å². The van der Waals surface area contributed by atoms with Crippen molar-refractivity contribution in [1.82, 2.24) is 19.4 Å². The average Bonchev–Trinajstić information content (AvgIpc) is 3.56. The number of carbonyl (C=O) groups excluding carboxylic acids is 1.